The first kappa shape index (κ1) is 27.2. The zero-order valence-electron chi connectivity index (χ0n) is 19.6. The Bertz CT molecular complexity index is 1380. The van der Waals surface area contributed by atoms with Crippen LogP contribution in [0, 0.1) is 12.7 Å². The average molecular weight is 525 g/mol. The van der Waals surface area contributed by atoms with Crippen LogP contribution < -0.4 is 10.0 Å². The lowest BCUT2D eigenvalue weighted by Gasteiger charge is -2.17. The van der Waals surface area contributed by atoms with Crippen molar-refractivity contribution in [1.29, 1.82) is 0 Å². The van der Waals surface area contributed by atoms with Crippen LogP contribution in [0.5, 0.6) is 0 Å². The van der Waals surface area contributed by atoms with Gasteiger partial charge in [0.05, 0.1) is 17.9 Å². The maximum atomic E-state index is 14.4. The summed E-state index contributed by atoms with van der Waals surface area (Å²) in [6.45, 7) is 2.85. The van der Waals surface area contributed by atoms with Gasteiger partial charge in [-0.3, -0.25) is 9.78 Å². The van der Waals surface area contributed by atoms with Crippen molar-refractivity contribution in [1.82, 2.24) is 20.0 Å². The molecule has 0 spiro atoms. The van der Waals surface area contributed by atoms with E-state index in [0.29, 0.717) is 22.4 Å². The third kappa shape index (κ3) is 6.85. The van der Waals surface area contributed by atoms with E-state index in [1.165, 1.54) is 24.4 Å². The number of nitrogens with zero attached hydrogens (tertiary/aromatic N) is 2. The van der Waals surface area contributed by atoms with Gasteiger partial charge in [0.25, 0.3) is 0 Å². The van der Waals surface area contributed by atoms with Crippen molar-refractivity contribution in [3.05, 3.63) is 82.6 Å². The smallest absolute Gasteiger partial charge is 0.351 e. The highest BCUT2D eigenvalue weighted by atomic mass is 32.2. The van der Waals surface area contributed by atoms with Crippen molar-refractivity contribution in [3.63, 3.8) is 0 Å². The van der Waals surface area contributed by atoms with E-state index in [2.05, 4.69) is 20.0 Å². The van der Waals surface area contributed by atoms with Crippen molar-refractivity contribution in [2.75, 3.05) is 6.26 Å². The van der Waals surface area contributed by atoms with Gasteiger partial charge in [0.2, 0.25) is 15.9 Å². The minimum atomic E-state index is -4.64. The number of sulfonamides is 1. The molecule has 0 radical (unpaired) electrons. The van der Waals surface area contributed by atoms with Gasteiger partial charge < -0.3 is 5.32 Å². The van der Waals surface area contributed by atoms with Crippen LogP contribution in [-0.4, -0.2) is 30.5 Å². The number of carbonyl (C=O) groups is 1. The molecule has 0 aliphatic heterocycles. The van der Waals surface area contributed by atoms with E-state index in [9.17, 15) is 30.8 Å². The fraction of sp³-hybridized carbons (Fsp3) is 0.292. The number of aryl methyl sites for hydroxylation is 1. The van der Waals surface area contributed by atoms with Crippen LogP contribution in [0.25, 0.3) is 11.3 Å². The lowest BCUT2D eigenvalue weighted by atomic mass is 9.98. The van der Waals surface area contributed by atoms with Gasteiger partial charge >= 0.3 is 6.18 Å². The highest BCUT2D eigenvalue weighted by molar-refractivity contribution is 7.88. The number of hydrogen-bond donors (Lipinski definition) is 2. The molecule has 36 heavy (non-hydrogen) atoms. The minimum absolute atomic E-state index is 0.0529. The second-order valence-corrected chi connectivity index (χ2v) is 10.1. The molecular formula is C24H24F4N4O3S. The average Bonchev–Trinajstić information content (AvgIpc) is 2.80. The van der Waals surface area contributed by atoms with E-state index in [1.54, 1.807) is 26.0 Å². The largest absolute Gasteiger partial charge is 0.433 e. The van der Waals surface area contributed by atoms with Gasteiger partial charge in [-0.1, -0.05) is 18.2 Å². The standard InChI is InChI=1S/C24H24F4N4O3S/c1-14(16-6-7-17(20(25)11-16)13-31-36(3,34)35)23(33)30-12-18-8-9-21(24(26,27)28)32-22(18)19-5-4-10-29-15(19)2/h4-11,14,31H,12-13H2,1-3H3,(H,30,33). The van der Waals surface area contributed by atoms with Crippen LogP contribution in [0.15, 0.2) is 48.7 Å². The molecule has 3 rings (SSSR count). The van der Waals surface area contributed by atoms with Gasteiger partial charge in [-0.15, -0.1) is 0 Å². The topological polar surface area (TPSA) is 101 Å². The van der Waals surface area contributed by atoms with Crippen LogP contribution in [0.2, 0.25) is 0 Å². The monoisotopic (exact) mass is 524 g/mol. The van der Waals surface area contributed by atoms with Crippen LogP contribution >= 0.6 is 0 Å². The molecule has 1 atom stereocenters. The maximum absolute atomic E-state index is 14.4. The number of hydrogen-bond acceptors (Lipinski definition) is 5. The van der Waals surface area contributed by atoms with E-state index in [0.717, 1.165) is 18.4 Å². The molecule has 1 aromatic carbocycles. The normalized spacial score (nSPS) is 12.9. The summed E-state index contributed by atoms with van der Waals surface area (Å²) in [5.41, 5.74) is 0.689. The number of halogens is 4. The zero-order chi connectivity index (χ0) is 26.7. The molecule has 0 saturated heterocycles. The molecule has 2 aromatic heterocycles. The summed E-state index contributed by atoms with van der Waals surface area (Å²) in [6.07, 6.45) is -2.18. The lowest BCUT2D eigenvalue weighted by molar-refractivity contribution is -0.141. The zero-order valence-corrected chi connectivity index (χ0v) is 20.5. The first-order valence-electron chi connectivity index (χ1n) is 10.8. The summed E-state index contributed by atoms with van der Waals surface area (Å²) in [5, 5.41) is 2.67. The number of nitrogens with one attached hydrogen (secondary N) is 2. The molecule has 192 valence electrons. The third-order valence-corrected chi connectivity index (χ3v) is 6.15. The predicted molar refractivity (Wildman–Crippen MR) is 126 cm³/mol. The number of pyridine rings is 2. The number of carbonyl (C=O) groups excluding carboxylic acids is 1. The van der Waals surface area contributed by atoms with Crippen molar-refractivity contribution < 1.29 is 30.8 Å². The Balaban J connectivity index is 1.79. The summed E-state index contributed by atoms with van der Waals surface area (Å²) in [5.74, 6) is -1.95. The molecule has 1 amide bonds. The van der Waals surface area contributed by atoms with Gasteiger partial charge in [0.15, 0.2) is 0 Å². The Labute approximate surface area is 206 Å². The van der Waals surface area contributed by atoms with Gasteiger partial charge in [0.1, 0.15) is 11.5 Å². The number of rotatable bonds is 8. The number of benzene rings is 1. The molecular weight excluding hydrogens is 500 g/mol. The first-order valence-corrected chi connectivity index (χ1v) is 12.6. The van der Waals surface area contributed by atoms with Crippen LogP contribution in [0.1, 0.15) is 40.9 Å². The summed E-state index contributed by atoms with van der Waals surface area (Å²) in [6, 6.07) is 9.32. The highest BCUT2D eigenvalue weighted by Gasteiger charge is 2.33. The molecule has 2 N–H and O–H groups in total. The van der Waals surface area contributed by atoms with E-state index in [-0.39, 0.29) is 24.3 Å². The fourth-order valence-corrected chi connectivity index (χ4v) is 3.85. The molecule has 0 bridgehead atoms. The fourth-order valence-electron chi connectivity index (χ4n) is 3.43. The van der Waals surface area contributed by atoms with Crippen molar-refractivity contribution in [2.45, 2.75) is 39.0 Å². The van der Waals surface area contributed by atoms with Crippen LogP contribution in [0.4, 0.5) is 17.6 Å². The Kier molecular flexibility index (Phi) is 8.09. The Hall–Kier alpha value is -3.38. The third-order valence-electron chi connectivity index (χ3n) is 5.48. The molecule has 7 nitrogen and oxygen atoms in total. The number of alkyl halides is 3. The van der Waals surface area contributed by atoms with Crippen LogP contribution in [0.3, 0.4) is 0 Å². The summed E-state index contributed by atoms with van der Waals surface area (Å²) >= 11 is 0. The van der Waals surface area contributed by atoms with Gasteiger partial charge in [0, 0.05) is 36.1 Å². The quantitative estimate of drug-likeness (QED) is 0.433. The molecule has 0 aliphatic rings. The molecule has 2 heterocycles. The maximum Gasteiger partial charge on any atom is 0.433 e. The molecule has 12 heteroatoms. The predicted octanol–water partition coefficient (Wildman–Crippen LogP) is 4.08. The summed E-state index contributed by atoms with van der Waals surface area (Å²) in [7, 11) is -3.50. The molecule has 1 unspecified atom stereocenters. The highest BCUT2D eigenvalue weighted by Crippen LogP contribution is 2.32. The summed E-state index contributed by atoms with van der Waals surface area (Å²) < 4.78 is 78.9. The van der Waals surface area contributed by atoms with E-state index >= 15 is 0 Å². The lowest BCUT2D eigenvalue weighted by Crippen LogP contribution is -2.28. The minimum Gasteiger partial charge on any atom is -0.351 e. The van der Waals surface area contributed by atoms with Gasteiger partial charge in [-0.25, -0.2) is 22.5 Å². The molecule has 0 fully saturated rings. The number of amides is 1. The SMILES string of the molecule is Cc1ncccc1-c1nc(C(F)(F)F)ccc1CNC(=O)C(C)c1ccc(CNS(C)(=O)=O)c(F)c1. The van der Waals surface area contributed by atoms with Gasteiger partial charge in [-0.2, -0.15) is 13.2 Å². The molecule has 3 aromatic rings. The van der Waals surface area contributed by atoms with Crippen LogP contribution in [-0.2, 0) is 34.1 Å². The second kappa shape index (κ2) is 10.7. The second-order valence-electron chi connectivity index (χ2n) is 8.22. The van der Waals surface area contributed by atoms with Crippen molar-refractivity contribution in [3.8, 4) is 11.3 Å². The Morgan fingerprint density at radius 2 is 1.78 bits per heavy atom. The molecule has 0 saturated carbocycles. The van der Waals surface area contributed by atoms with Crippen molar-refractivity contribution >= 4 is 15.9 Å². The number of aromatic nitrogens is 2. The molecule has 0 aliphatic carbocycles. The Morgan fingerprint density at radius 1 is 1.08 bits per heavy atom. The van der Waals surface area contributed by atoms with E-state index in [1.807, 2.05) is 0 Å². The van der Waals surface area contributed by atoms with E-state index in [4.69, 9.17) is 0 Å². The first-order chi connectivity index (χ1) is 16.8. The summed E-state index contributed by atoms with van der Waals surface area (Å²) in [4.78, 5) is 20.7. The van der Waals surface area contributed by atoms with Crippen molar-refractivity contribution in [2.24, 2.45) is 0 Å². The Morgan fingerprint density at radius 3 is 2.39 bits per heavy atom. The van der Waals surface area contributed by atoms with E-state index < -0.39 is 39.5 Å². The van der Waals surface area contributed by atoms with Gasteiger partial charge in [-0.05, 0) is 49.2 Å².